The number of thiophene rings is 1. The van der Waals surface area contributed by atoms with Crippen LogP contribution in [0.25, 0.3) is 162 Å². The molecule has 7 heteroatoms. The normalized spacial score (nSPS) is 11.3. The second-order valence-electron chi connectivity index (χ2n) is 22.2. The maximum absolute atomic E-state index is 3.38. The maximum Gasteiger partial charge on any atom is 0.0568 e. The van der Waals surface area contributed by atoms with E-state index in [1.807, 2.05) is 41.7 Å². The van der Waals surface area contributed by atoms with Crippen molar-refractivity contribution >= 4 is 131 Å². The topological polar surface area (TPSA) is 14.8 Å². The number of nitrogens with zero attached hydrogens (tertiary/aromatic N) is 3. The van der Waals surface area contributed by atoms with Crippen LogP contribution in [0.4, 0.5) is 0 Å². The van der Waals surface area contributed by atoms with Gasteiger partial charge in [-0.15, -0.1) is 74.8 Å². The first-order valence-corrected chi connectivity index (χ1v) is 29.8. The van der Waals surface area contributed by atoms with Gasteiger partial charge in [-0.05, 0) is 81.4 Å². The molecule has 88 heavy (non-hydrogen) atoms. The van der Waals surface area contributed by atoms with Gasteiger partial charge in [0.25, 0.3) is 0 Å². The van der Waals surface area contributed by atoms with Gasteiger partial charge in [0.1, 0.15) is 0 Å². The number of aryl methyl sites for hydroxylation is 3. The zero-order valence-electron chi connectivity index (χ0n) is 49.0. The summed E-state index contributed by atoms with van der Waals surface area (Å²) in [6.45, 7) is 0. The van der Waals surface area contributed by atoms with Gasteiger partial charge in [0.2, 0.25) is 0 Å². The summed E-state index contributed by atoms with van der Waals surface area (Å²) in [5.74, 6) is 0. The average molecular weight is 1370 g/mol. The van der Waals surface area contributed by atoms with E-state index in [1.54, 1.807) is 0 Å². The summed E-state index contributed by atoms with van der Waals surface area (Å²) < 4.78 is 6.98. The first-order valence-electron chi connectivity index (χ1n) is 29.0. The Hall–Kier alpha value is -7.21. The Morgan fingerprint density at radius 2 is 0.716 bits per heavy atom. The van der Waals surface area contributed by atoms with E-state index in [0.717, 1.165) is 5.39 Å². The molecule has 0 fully saturated rings. The molecule has 0 unspecified atom stereocenters. The Morgan fingerprint density at radius 1 is 0.284 bits per heavy atom. The number of aromatic nitrogens is 3. The van der Waals surface area contributed by atoms with Crippen molar-refractivity contribution < 1.29 is 98.1 Å². The van der Waals surface area contributed by atoms with Gasteiger partial charge in [0.05, 0.1) is 16.6 Å². The molecule has 18 aromatic rings. The Labute approximate surface area is 590 Å². The molecule has 3 radical (unpaired) electrons. The third kappa shape index (κ3) is 10.1. The SMILES string of the molecule is Cn1c2ccccc2c2cc(-c3cc[c-]c4ccccc34)c3ccccc3c21.Cn1c2ccccc2c2cc(-c3ccc(-c4cc[c-]cc4)s3)c3ccccc3c21.Cn1c2ccccc2c2cc(-c3ccc4c[c-]ccc4c3)c3ccccc3c21.[Y].[Y].[Y]. The smallest absolute Gasteiger partial charge is 0.0568 e. The average Bonchev–Trinajstić information content (AvgIpc) is 1.71. The van der Waals surface area contributed by atoms with Crippen LogP contribution in [0.5, 0.6) is 0 Å². The second kappa shape index (κ2) is 25.0. The zero-order valence-corrected chi connectivity index (χ0v) is 58.3. The van der Waals surface area contributed by atoms with Crippen LogP contribution in [-0.4, -0.2) is 13.7 Å². The quantitative estimate of drug-likeness (QED) is 0.156. The van der Waals surface area contributed by atoms with Crippen LogP contribution in [0.1, 0.15) is 0 Å². The summed E-state index contributed by atoms with van der Waals surface area (Å²) in [5, 5.41) is 20.5. The van der Waals surface area contributed by atoms with Crippen LogP contribution >= 0.6 is 11.3 Å². The molecule has 0 N–H and O–H groups in total. The predicted octanol–water partition coefficient (Wildman–Crippen LogP) is 21.9. The van der Waals surface area contributed by atoms with E-state index in [1.165, 1.54) is 157 Å². The minimum Gasteiger partial charge on any atom is -0.343 e. The third-order valence-electron chi connectivity index (χ3n) is 17.6. The summed E-state index contributed by atoms with van der Waals surface area (Å²) in [6.07, 6.45) is 0. The van der Waals surface area contributed by atoms with Crippen LogP contribution in [0, 0.1) is 18.2 Å². The molecule has 14 aromatic carbocycles. The van der Waals surface area contributed by atoms with E-state index in [0.29, 0.717) is 0 Å². The maximum atomic E-state index is 3.38. The van der Waals surface area contributed by atoms with E-state index in [9.17, 15) is 0 Å². The van der Waals surface area contributed by atoms with Gasteiger partial charge in [0.15, 0.2) is 0 Å². The van der Waals surface area contributed by atoms with Crippen molar-refractivity contribution in [3.8, 4) is 43.1 Å². The van der Waals surface area contributed by atoms with Crippen LogP contribution in [-0.2, 0) is 119 Å². The van der Waals surface area contributed by atoms with E-state index < -0.39 is 0 Å². The van der Waals surface area contributed by atoms with Crippen LogP contribution < -0.4 is 0 Å². The Morgan fingerprint density at radius 3 is 1.27 bits per heavy atom. The van der Waals surface area contributed by atoms with Crippen molar-refractivity contribution in [2.24, 2.45) is 21.1 Å². The van der Waals surface area contributed by atoms with Crippen LogP contribution in [0.15, 0.2) is 273 Å². The molecule has 3 nitrogen and oxygen atoms in total. The van der Waals surface area contributed by atoms with Crippen LogP contribution in [0.2, 0.25) is 0 Å². The molecule has 4 aromatic heterocycles. The van der Waals surface area contributed by atoms with E-state index in [4.69, 9.17) is 0 Å². The van der Waals surface area contributed by atoms with Gasteiger partial charge in [-0.2, -0.15) is 54.6 Å². The molecule has 0 atom stereocenters. The summed E-state index contributed by atoms with van der Waals surface area (Å²) in [6, 6.07) is 107. The fourth-order valence-corrected chi connectivity index (χ4v) is 14.7. The summed E-state index contributed by atoms with van der Waals surface area (Å²) in [5.41, 5.74) is 15.4. The standard InChI is InChI=1S/C27H18NS.2C27H18N.3Y/c1-28-24-14-8-7-12-20(24)23-17-22(19-11-5-6-13-21(19)27(23)28)26-16-15-25(29-26)18-9-3-2-4-10-18;1-28-26-16-7-6-13-22(26)25-17-24(21-12-4-5-14-23(21)27(25)28)20-15-8-10-18-9-2-3-11-19(18)20;1-28-26-13-7-6-11-22(26)25-17-24(21-10-4-5-12-23(21)27(25)28)20-15-14-18-8-2-3-9-19(18)16-20;;;/h3-17H,1H3;2-9,11-17H,1H3;3-17H,1H3;;;/q3*-1;;;. The van der Waals surface area contributed by atoms with Gasteiger partial charge in [0, 0.05) is 200 Å². The summed E-state index contributed by atoms with van der Waals surface area (Å²) >= 11 is 1.85. The molecule has 0 bridgehead atoms. The molecule has 4 heterocycles. The molecule has 0 aliphatic heterocycles. The predicted molar refractivity (Wildman–Crippen MR) is 365 cm³/mol. The number of fused-ring (bicyclic) bond motifs is 17. The molecule has 0 aliphatic carbocycles. The van der Waals surface area contributed by atoms with Crippen molar-refractivity contribution in [2.75, 3.05) is 0 Å². The monoisotopic (exact) mass is 1370 g/mol. The molecule has 0 amide bonds. The van der Waals surface area contributed by atoms with Crippen molar-refractivity contribution in [1.82, 2.24) is 13.7 Å². The van der Waals surface area contributed by atoms with Crippen molar-refractivity contribution in [3.05, 3.63) is 291 Å². The summed E-state index contributed by atoms with van der Waals surface area (Å²) in [4.78, 5) is 2.59. The van der Waals surface area contributed by atoms with Crippen molar-refractivity contribution in [2.45, 2.75) is 0 Å². The van der Waals surface area contributed by atoms with Gasteiger partial charge in [-0.25, -0.2) is 0 Å². The van der Waals surface area contributed by atoms with E-state index in [2.05, 4.69) is 296 Å². The Kier molecular flexibility index (Phi) is 17.0. The molecule has 0 aliphatic rings. The van der Waals surface area contributed by atoms with Gasteiger partial charge < -0.3 is 13.7 Å². The second-order valence-corrected chi connectivity index (χ2v) is 23.3. The molecule has 0 saturated heterocycles. The van der Waals surface area contributed by atoms with Gasteiger partial charge >= 0.3 is 0 Å². The van der Waals surface area contributed by atoms with Crippen molar-refractivity contribution in [1.29, 1.82) is 0 Å². The molecule has 0 saturated carbocycles. The third-order valence-corrected chi connectivity index (χ3v) is 18.8. The number of hydrogen-bond donors (Lipinski definition) is 0. The first-order chi connectivity index (χ1) is 41.9. The largest absolute Gasteiger partial charge is 0.343 e. The first kappa shape index (κ1) is 59.7. The van der Waals surface area contributed by atoms with Gasteiger partial charge in [-0.1, -0.05) is 157 Å². The molecule has 0 spiro atoms. The Balaban J connectivity index is 0.000000120. The van der Waals surface area contributed by atoms with E-state index in [-0.39, 0.29) is 98.1 Å². The van der Waals surface area contributed by atoms with Crippen LogP contribution in [0.3, 0.4) is 0 Å². The van der Waals surface area contributed by atoms with Gasteiger partial charge in [-0.3, -0.25) is 0 Å². The fraction of sp³-hybridized carbons (Fsp3) is 0.0370. The fourth-order valence-electron chi connectivity index (χ4n) is 13.7. The minimum atomic E-state index is 0. The van der Waals surface area contributed by atoms with Crippen molar-refractivity contribution in [3.63, 3.8) is 0 Å². The minimum absolute atomic E-state index is 0. The number of benzene rings is 14. The zero-order chi connectivity index (χ0) is 56.7. The number of hydrogen-bond acceptors (Lipinski definition) is 1. The summed E-state index contributed by atoms with van der Waals surface area (Å²) in [7, 11) is 6.51. The Bertz CT molecular complexity index is 5660. The molecule has 18 rings (SSSR count). The molecular weight excluding hydrogens is 1310 g/mol. The molecular formula is C81H54N3SY3-3. The van der Waals surface area contributed by atoms with E-state index >= 15 is 0 Å². The number of rotatable bonds is 4. The molecule has 411 valence electrons. The number of para-hydroxylation sites is 3.